The van der Waals surface area contributed by atoms with Crippen LogP contribution in [-0.4, -0.2) is 40.2 Å². The Kier molecular flexibility index (Phi) is 6.55. The van der Waals surface area contributed by atoms with Crippen LogP contribution < -0.4 is 5.32 Å². The van der Waals surface area contributed by atoms with Gasteiger partial charge in [-0.1, -0.05) is 6.92 Å². The highest BCUT2D eigenvalue weighted by Crippen LogP contribution is 2.19. The van der Waals surface area contributed by atoms with Crippen molar-refractivity contribution in [3.05, 3.63) is 47.8 Å². The lowest BCUT2D eigenvalue weighted by atomic mass is 9.98. The van der Waals surface area contributed by atoms with Crippen LogP contribution in [0.15, 0.2) is 30.5 Å². The van der Waals surface area contributed by atoms with E-state index < -0.39 is 11.6 Å². The fourth-order valence-electron chi connectivity index (χ4n) is 3.51. The number of hydrogen-bond donors (Lipinski definition) is 1. The molecule has 2 aromatic rings. The zero-order chi connectivity index (χ0) is 19.2. The first-order chi connectivity index (χ1) is 13.0. The Morgan fingerprint density at radius 3 is 2.96 bits per heavy atom. The zero-order valence-corrected chi connectivity index (χ0v) is 15.6. The number of aromatic nitrogens is 2. The maximum absolute atomic E-state index is 13.9. The number of piperidine rings is 1. The molecule has 0 spiro atoms. The number of rotatable bonds is 7. The third-order valence-corrected chi connectivity index (χ3v) is 4.85. The van der Waals surface area contributed by atoms with Crippen LogP contribution in [0.1, 0.15) is 38.3 Å². The smallest absolute Gasteiger partial charge is 0.219 e. The summed E-state index contributed by atoms with van der Waals surface area (Å²) < 4.78 is 28.4. The Morgan fingerprint density at radius 2 is 2.19 bits per heavy atom. The van der Waals surface area contributed by atoms with Crippen molar-refractivity contribution < 1.29 is 13.6 Å². The van der Waals surface area contributed by atoms with Crippen LogP contribution in [-0.2, 0) is 11.3 Å². The molecular formula is C20H26F2N4O. The molecule has 0 saturated carbocycles. The molecule has 1 fully saturated rings. The lowest BCUT2D eigenvalue weighted by molar-refractivity contribution is -0.121. The van der Waals surface area contributed by atoms with E-state index in [9.17, 15) is 13.6 Å². The molecule has 1 aromatic heterocycles. The van der Waals surface area contributed by atoms with Gasteiger partial charge in [0.25, 0.3) is 0 Å². The number of benzene rings is 1. The van der Waals surface area contributed by atoms with E-state index in [2.05, 4.69) is 15.3 Å². The highest BCUT2D eigenvalue weighted by Gasteiger charge is 2.21. The maximum atomic E-state index is 13.9. The Labute approximate surface area is 158 Å². The van der Waals surface area contributed by atoms with Gasteiger partial charge in [0.05, 0.1) is 5.69 Å². The standard InChI is InChI=1S/C20H26F2N4O/c1-2-4-20(27)23-12-15-5-3-9-25(13-15)14-17-8-10-26(24-17)19-7-6-16(21)11-18(19)22/h6-8,10-11,15H,2-5,9,12-14H2,1H3,(H,23,27)/t15-/m1/s1. The summed E-state index contributed by atoms with van der Waals surface area (Å²) in [5.41, 5.74) is 1.08. The van der Waals surface area contributed by atoms with Crippen molar-refractivity contribution in [2.45, 2.75) is 39.2 Å². The van der Waals surface area contributed by atoms with Crippen LogP contribution in [0.4, 0.5) is 8.78 Å². The van der Waals surface area contributed by atoms with Crippen LogP contribution in [0.25, 0.3) is 5.69 Å². The molecule has 2 heterocycles. The number of hydrogen-bond acceptors (Lipinski definition) is 3. The van der Waals surface area contributed by atoms with E-state index in [1.54, 1.807) is 6.20 Å². The second-order valence-electron chi connectivity index (χ2n) is 7.14. The van der Waals surface area contributed by atoms with Crippen molar-refractivity contribution >= 4 is 5.91 Å². The molecule has 5 nitrogen and oxygen atoms in total. The Bertz CT molecular complexity index is 777. The summed E-state index contributed by atoms with van der Waals surface area (Å²) >= 11 is 0. The molecule has 1 aromatic carbocycles. The summed E-state index contributed by atoms with van der Waals surface area (Å²) in [6.07, 6.45) is 5.32. The second-order valence-corrected chi connectivity index (χ2v) is 7.14. The van der Waals surface area contributed by atoms with Crippen molar-refractivity contribution in [2.24, 2.45) is 5.92 Å². The first-order valence-electron chi connectivity index (χ1n) is 9.54. The van der Waals surface area contributed by atoms with Gasteiger partial charge >= 0.3 is 0 Å². The number of carbonyl (C=O) groups is 1. The zero-order valence-electron chi connectivity index (χ0n) is 15.6. The van der Waals surface area contributed by atoms with Gasteiger partial charge in [0.2, 0.25) is 5.91 Å². The Hall–Kier alpha value is -2.28. The van der Waals surface area contributed by atoms with Crippen LogP contribution in [0.2, 0.25) is 0 Å². The summed E-state index contributed by atoms with van der Waals surface area (Å²) in [6.45, 7) is 5.28. The van der Waals surface area contributed by atoms with Gasteiger partial charge in [-0.05, 0) is 49.9 Å². The number of amides is 1. The second kappa shape index (κ2) is 9.08. The van der Waals surface area contributed by atoms with Crippen LogP contribution in [0.5, 0.6) is 0 Å². The van der Waals surface area contributed by atoms with E-state index >= 15 is 0 Å². The van der Waals surface area contributed by atoms with Gasteiger partial charge in [0.15, 0.2) is 5.82 Å². The minimum absolute atomic E-state index is 0.120. The molecule has 1 atom stereocenters. The quantitative estimate of drug-likeness (QED) is 0.807. The lowest BCUT2D eigenvalue weighted by Crippen LogP contribution is -2.40. The van der Waals surface area contributed by atoms with E-state index in [4.69, 9.17) is 0 Å². The maximum Gasteiger partial charge on any atom is 0.219 e. The number of halogens is 2. The van der Waals surface area contributed by atoms with Gasteiger partial charge in [0, 0.05) is 38.3 Å². The highest BCUT2D eigenvalue weighted by molar-refractivity contribution is 5.75. The van der Waals surface area contributed by atoms with Crippen molar-refractivity contribution in [1.29, 1.82) is 0 Å². The van der Waals surface area contributed by atoms with Crippen molar-refractivity contribution in [1.82, 2.24) is 20.0 Å². The molecule has 0 aliphatic carbocycles. The average Bonchev–Trinajstić information content (AvgIpc) is 3.09. The number of nitrogens with one attached hydrogen (secondary N) is 1. The average molecular weight is 376 g/mol. The molecule has 0 radical (unpaired) electrons. The molecule has 1 N–H and O–H groups in total. The van der Waals surface area contributed by atoms with Gasteiger partial charge in [-0.15, -0.1) is 0 Å². The molecule has 7 heteroatoms. The minimum atomic E-state index is -0.634. The summed E-state index contributed by atoms with van der Waals surface area (Å²) in [7, 11) is 0. The van der Waals surface area contributed by atoms with E-state index in [1.165, 1.54) is 16.8 Å². The third kappa shape index (κ3) is 5.35. The van der Waals surface area contributed by atoms with Gasteiger partial charge in [-0.2, -0.15) is 5.10 Å². The summed E-state index contributed by atoms with van der Waals surface area (Å²) in [4.78, 5) is 14.0. The molecule has 1 amide bonds. The number of carbonyl (C=O) groups excluding carboxylic acids is 1. The van der Waals surface area contributed by atoms with E-state index in [1.807, 2.05) is 13.0 Å². The Balaban J connectivity index is 1.56. The van der Waals surface area contributed by atoms with Gasteiger partial charge < -0.3 is 5.32 Å². The third-order valence-electron chi connectivity index (χ3n) is 4.85. The fourth-order valence-corrected chi connectivity index (χ4v) is 3.51. The molecule has 0 bridgehead atoms. The topological polar surface area (TPSA) is 50.2 Å². The molecule has 1 aliphatic rings. The van der Waals surface area contributed by atoms with Crippen LogP contribution in [0.3, 0.4) is 0 Å². The largest absolute Gasteiger partial charge is 0.356 e. The van der Waals surface area contributed by atoms with Gasteiger partial charge in [-0.25, -0.2) is 13.5 Å². The SMILES string of the molecule is CCCC(=O)NC[C@H]1CCCN(Cc2ccn(-c3ccc(F)cc3F)n2)C1. The molecule has 1 saturated heterocycles. The summed E-state index contributed by atoms with van der Waals surface area (Å²) in [6, 6.07) is 5.33. The van der Waals surface area contributed by atoms with E-state index in [0.29, 0.717) is 25.4 Å². The molecule has 0 unspecified atom stereocenters. The normalized spacial score (nSPS) is 17.8. The molecule has 1 aliphatic heterocycles. The van der Waals surface area contributed by atoms with Crippen LogP contribution >= 0.6 is 0 Å². The van der Waals surface area contributed by atoms with E-state index in [-0.39, 0.29) is 11.6 Å². The predicted octanol–water partition coefficient (Wildman–Crippen LogP) is 3.28. The van der Waals surface area contributed by atoms with E-state index in [0.717, 1.165) is 44.1 Å². The molecule has 146 valence electrons. The van der Waals surface area contributed by atoms with Gasteiger partial charge in [-0.3, -0.25) is 9.69 Å². The fraction of sp³-hybridized carbons (Fsp3) is 0.500. The lowest BCUT2D eigenvalue weighted by Gasteiger charge is -2.32. The van der Waals surface area contributed by atoms with Crippen molar-refractivity contribution in [3.63, 3.8) is 0 Å². The van der Waals surface area contributed by atoms with Crippen molar-refractivity contribution in [3.8, 4) is 5.69 Å². The molecule has 27 heavy (non-hydrogen) atoms. The van der Waals surface area contributed by atoms with Crippen molar-refractivity contribution in [2.75, 3.05) is 19.6 Å². The summed E-state index contributed by atoms with van der Waals surface area (Å²) in [5, 5.41) is 7.45. The number of nitrogens with zero attached hydrogens (tertiary/aromatic N) is 3. The first-order valence-corrected chi connectivity index (χ1v) is 9.54. The Morgan fingerprint density at radius 1 is 1.33 bits per heavy atom. The summed E-state index contributed by atoms with van der Waals surface area (Å²) in [5.74, 6) is -0.676. The minimum Gasteiger partial charge on any atom is -0.356 e. The number of likely N-dealkylation sites (tertiary alicyclic amines) is 1. The monoisotopic (exact) mass is 376 g/mol. The van der Waals surface area contributed by atoms with Gasteiger partial charge in [0.1, 0.15) is 11.5 Å². The molecule has 3 rings (SSSR count). The predicted molar refractivity (Wildman–Crippen MR) is 99.4 cm³/mol. The van der Waals surface area contributed by atoms with Crippen LogP contribution in [0, 0.1) is 17.6 Å². The molecular weight excluding hydrogens is 350 g/mol. The first kappa shape index (κ1) is 19.5. The highest BCUT2D eigenvalue weighted by atomic mass is 19.1.